The number of ether oxygens (including phenoxy) is 9. The van der Waals surface area contributed by atoms with Crippen LogP contribution in [0.15, 0.2) is 225 Å². The average molecular weight is 1380 g/mol. The molecule has 0 spiro atoms. The monoisotopic (exact) mass is 1370 g/mol. The zero-order chi connectivity index (χ0) is 74.6. The second-order valence-corrected chi connectivity index (χ2v) is 24.7. The van der Waals surface area contributed by atoms with E-state index in [1.807, 2.05) is 36.4 Å². The molecule has 0 heterocycles. The minimum absolute atomic E-state index is 0.0638. The number of carbonyl (C=O) groups excluding carboxylic acids is 9. The van der Waals surface area contributed by atoms with Gasteiger partial charge in [-0.05, 0) is 160 Å². The van der Waals surface area contributed by atoms with Crippen molar-refractivity contribution in [2.75, 3.05) is 0 Å². The lowest BCUT2D eigenvalue weighted by Gasteiger charge is -2.21. The molecule has 6 aromatic carbocycles. The van der Waals surface area contributed by atoms with Crippen LogP contribution in [0.3, 0.4) is 0 Å². The molecule has 3 aliphatic carbocycles. The van der Waals surface area contributed by atoms with E-state index in [0.29, 0.717) is 52.0 Å². The number of rotatable bonds is 21. The van der Waals surface area contributed by atoms with Gasteiger partial charge in [0.1, 0.15) is 35.6 Å². The first-order valence-electron chi connectivity index (χ1n) is 31.4. The van der Waals surface area contributed by atoms with Crippen LogP contribution in [-0.4, -0.2) is 72.0 Å². The average Bonchev–Trinajstić information content (AvgIpc) is 1.67. The van der Waals surface area contributed by atoms with Crippen molar-refractivity contribution < 1.29 is 94.6 Å². The fourth-order valence-corrected chi connectivity index (χ4v) is 10.2. The van der Waals surface area contributed by atoms with Gasteiger partial charge in [-0.3, -0.25) is 0 Å². The summed E-state index contributed by atoms with van der Waals surface area (Å²) in [6.45, 7) is 45.9. The molecule has 0 bridgehead atoms. The van der Waals surface area contributed by atoms with Gasteiger partial charge in [0, 0.05) is 81.1 Å². The summed E-state index contributed by atoms with van der Waals surface area (Å²) >= 11 is 0. The van der Waals surface area contributed by atoms with E-state index < -0.39 is 102 Å². The molecule has 6 atom stereocenters. The first-order chi connectivity index (χ1) is 47.5. The Labute approximate surface area is 584 Å². The van der Waals surface area contributed by atoms with Gasteiger partial charge >= 0.3 is 53.7 Å². The van der Waals surface area contributed by atoms with Crippen molar-refractivity contribution >= 4 is 53.7 Å². The van der Waals surface area contributed by atoms with Crippen LogP contribution in [0.25, 0.3) is 33.4 Å². The highest BCUT2D eigenvalue weighted by atomic mass is 19.1. The van der Waals surface area contributed by atoms with Gasteiger partial charge < -0.3 is 42.6 Å². The highest BCUT2D eigenvalue weighted by Crippen LogP contribution is 2.43. The summed E-state index contributed by atoms with van der Waals surface area (Å²) < 4.78 is 78.0. The molecule has 3 aliphatic rings. The molecule has 522 valence electrons. The third kappa shape index (κ3) is 19.5. The second-order valence-electron chi connectivity index (χ2n) is 24.7. The van der Waals surface area contributed by atoms with E-state index in [-0.39, 0.29) is 68.1 Å². The number of halogens is 2. The molecule has 6 aromatic rings. The van der Waals surface area contributed by atoms with Gasteiger partial charge in [0.25, 0.3) is 0 Å². The molecule has 20 heteroatoms. The molecule has 101 heavy (non-hydrogen) atoms. The predicted molar refractivity (Wildman–Crippen MR) is 373 cm³/mol. The maximum atomic E-state index is 14.8. The Bertz CT molecular complexity index is 4510. The highest BCUT2D eigenvalue weighted by molar-refractivity contribution is 5.92. The minimum atomic E-state index is -0.828. The molecular formula is C81H76F2O18. The van der Waals surface area contributed by atoms with Crippen molar-refractivity contribution in [2.45, 2.75) is 118 Å². The van der Waals surface area contributed by atoms with Crippen molar-refractivity contribution in [1.29, 1.82) is 0 Å². The Morgan fingerprint density at radius 3 is 0.941 bits per heavy atom. The molecular weight excluding hydrogens is 1300 g/mol. The Kier molecular flexibility index (Phi) is 25.0. The van der Waals surface area contributed by atoms with Crippen molar-refractivity contribution in [1.82, 2.24) is 0 Å². The van der Waals surface area contributed by atoms with E-state index in [0.717, 1.165) is 39.4 Å². The number of carbonyl (C=O) groups is 9. The van der Waals surface area contributed by atoms with Gasteiger partial charge in [-0.1, -0.05) is 132 Å². The summed E-state index contributed by atoms with van der Waals surface area (Å²) in [4.78, 5) is 108. The number of benzene rings is 6. The first-order valence-corrected chi connectivity index (χ1v) is 31.4. The molecule has 0 aliphatic heterocycles. The summed E-state index contributed by atoms with van der Waals surface area (Å²) in [7, 11) is 0. The number of hydrogen-bond acceptors (Lipinski definition) is 18. The lowest BCUT2D eigenvalue weighted by molar-refractivity contribution is -0.161. The van der Waals surface area contributed by atoms with Gasteiger partial charge in [0.2, 0.25) is 0 Å². The Morgan fingerprint density at radius 1 is 0.297 bits per heavy atom. The third-order valence-electron chi connectivity index (χ3n) is 15.6. The van der Waals surface area contributed by atoms with E-state index in [1.54, 1.807) is 69.3 Å². The summed E-state index contributed by atoms with van der Waals surface area (Å²) in [5.74, 6) is -6.30. The number of esters is 9. The van der Waals surface area contributed by atoms with Crippen LogP contribution in [0.1, 0.15) is 114 Å². The maximum absolute atomic E-state index is 14.8. The molecule has 0 amide bonds. The summed E-state index contributed by atoms with van der Waals surface area (Å²) in [5.41, 5.74) is 10.6. The molecule has 18 nitrogen and oxygen atoms in total. The molecule has 0 saturated carbocycles. The molecule has 6 unspecified atom stereocenters. The zero-order valence-corrected chi connectivity index (χ0v) is 57.5. The van der Waals surface area contributed by atoms with Crippen LogP contribution < -0.4 is 14.2 Å². The second kappa shape index (κ2) is 33.1. The van der Waals surface area contributed by atoms with Crippen molar-refractivity contribution in [3.05, 3.63) is 270 Å². The van der Waals surface area contributed by atoms with Gasteiger partial charge in [-0.25, -0.2) is 51.9 Å². The molecule has 0 saturated heterocycles. The van der Waals surface area contributed by atoms with Crippen LogP contribution in [0.2, 0.25) is 0 Å². The normalized spacial score (nSPS) is 16.3. The molecule has 0 fully saturated rings. The number of fused-ring (bicyclic) bond motifs is 3. The van der Waals surface area contributed by atoms with E-state index >= 15 is 0 Å². The Balaban J connectivity index is 0.000000213. The van der Waals surface area contributed by atoms with Crippen LogP contribution >= 0.6 is 0 Å². The minimum Gasteiger partial charge on any atom is -0.454 e. The number of hydrogen-bond donors (Lipinski definition) is 0. The SMILES string of the molecule is C=C(C)C(=O)Oc1ccc(-c2ccc3c(c2)CC(OC(=O)C(=C)C)C3OC(=O)C(=C)C)c(F)c1.C=C(C)C(=O)Oc1ccc(-c2ccc3c(c2)CC(OC(=O)C(=C)C)C3OC(=O)C(=C)C)cc1.C=C(C)C(=O)Oc1ccc(-c2ccc3c(c2)CC(OC(=O)C(=C)C)C3OC(=O)C(=C)C)cc1F. The van der Waals surface area contributed by atoms with Gasteiger partial charge in [0.05, 0.1) is 0 Å². The smallest absolute Gasteiger partial charge is 0.338 e. The maximum Gasteiger partial charge on any atom is 0.338 e. The molecule has 0 aromatic heterocycles. The van der Waals surface area contributed by atoms with E-state index in [4.69, 9.17) is 42.6 Å². The van der Waals surface area contributed by atoms with Crippen LogP contribution in [-0.2, 0) is 90.8 Å². The Morgan fingerprint density at radius 2 is 0.584 bits per heavy atom. The van der Waals surface area contributed by atoms with Gasteiger partial charge in [0.15, 0.2) is 29.9 Å². The van der Waals surface area contributed by atoms with Crippen LogP contribution in [0.4, 0.5) is 8.78 Å². The molecule has 9 rings (SSSR count). The van der Waals surface area contributed by atoms with E-state index in [2.05, 4.69) is 59.2 Å². The van der Waals surface area contributed by atoms with Crippen molar-refractivity contribution in [3.8, 4) is 50.6 Å². The van der Waals surface area contributed by atoms with E-state index in [1.165, 1.54) is 65.8 Å². The highest BCUT2D eigenvalue weighted by Gasteiger charge is 2.42. The van der Waals surface area contributed by atoms with Crippen molar-refractivity contribution in [2.24, 2.45) is 0 Å². The lowest BCUT2D eigenvalue weighted by atomic mass is 9.99. The van der Waals surface area contributed by atoms with Crippen molar-refractivity contribution in [3.63, 3.8) is 0 Å². The third-order valence-corrected chi connectivity index (χ3v) is 15.6. The van der Waals surface area contributed by atoms with Gasteiger partial charge in [-0.2, -0.15) is 0 Å². The topological polar surface area (TPSA) is 237 Å². The molecule has 0 N–H and O–H groups in total. The standard InChI is InChI=1S/2C27H25FO6.C27H26O6/c1-14(2)25(29)32-19-8-10-20(22(28)13-19)17-7-9-21-18(11-17)12-23(33-26(30)15(3)4)24(21)34-27(31)16(5)6;1-14(2)25(29)32-22-10-8-18(12-21(22)28)17-7-9-20-19(11-17)13-23(33-26(30)15(3)4)24(20)34-27(31)16(5)6;1-15(2)25(28)31-21-10-7-18(8-11-21)19-9-12-22-20(13-19)14-23(32-26(29)16(3)4)24(22)33-27(30)17(5)6/h7-11,13,23-24H,1,3,5,12H2,2,4,6H3;7-12,23-24H,1,3,5,13H2,2,4,6H3;7-13,23-24H,1,3,5,14H2,2,4,6H3. The summed E-state index contributed by atoms with van der Waals surface area (Å²) in [6, 6.07) is 31.7. The lowest BCUT2D eigenvalue weighted by Crippen LogP contribution is -2.26. The first kappa shape index (κ1) is 76.4. The van der Waals surface area contributed by atoms with E-state index in [9.17, 15) is 51.9 Å². The van der Waals surface area contributed by atoms with Crippen LogP contribution in [0, 0.1) is 11.6 Å². The predicted octanol–water partition coefficient (Wildman–Crippen LogP) is 15.4. The fraction of sp³-hybridized carbons (Fsp3) is 0.222. The Hall–Kier alpha value is -11.9. The largest absolute Gasteiger partial charge is 0.454 e. The van der Waals surface area contributed by atoms with Crippen LogP contribution in [0.5, 0.6) is 17.2 Å². The fourth-order valence-electron chi connectivity index (χ4n) is 10.2. The summed E-state index contributed by atoms with van der Waals surface area (Å²) in [5, 5.41) is 0. The zero-order valence-electron chi connectivity index (χ0n) is 57.5. The van der Waals surface area contributed by atoms with Gasteiger partial charge in [-0.15, -0.1) is 0 Å². The quantitative estimate of drug-likeness (QED) is 0.0282. The molecule has 0 radical (unpaired) electrons. The summed E-state index contributed by atoms with van der Waals surface area (Å²) in [6.07, 6.45) is -3.56.